The number of likely N-dealkylation sites (tertiary alicyclic amines) is 1. The van der Waals surface area contributed by atoms with Crippen LogP contribution in [0.1, 0.15) is 57.8 Å². The maximum atomic E-state index is 13.5. The van der Waals surface area contributed by atoms with Crippen molar-refractivity contribution in [2.45, 2.75) is 52.4 Å². The van der Waals surface area contributed by atoms with Gasteiger partial charge in [0.05, 0.1) is 5.69 Å². The van der Waals surface area contributed by atoms with Gasteiger partial charge >= 0.3 is 0 Å². The number of amides is 1. The van der Waals surface area contributed by atoms with Gasteiger partial charge in [-0.25, -0.2) is 0 Å². The molecule has 2 aliphatic rings. The Bertz CT molecular complexity index is 1150. The van der Waals surface area contributed by atoms with E-state index in [4.69, 9.17) is 4.52 Å². The lowest BCUT2D eigenvalue weighted by Gasteiger charge is -2.32. The highest BCUT2D eigenvalue weighted by Crippen LogP contribution is 2.34. The molecule has 160 valence electrons. The van der Waals surface area contributed by atoms with Gasteiger partial charge in [-0.3, -0.25) is 9.59 Å². The first-order chi connectivity index (χ1) is 15.0. The van der Waals surface area contributed by atoms with Gasteiger partial charge in [0.1, 0.15) is 5.76 Å². The van der Waals surface area contributed by atoms with Gasteiger partial charge in [0, 0.05) is 36.6 Å². The van der Waals surface area contributed by atoms with Crippen molar-refractivity contribution >= 4 is 22.5 Å². The molecule has 0 spiro atoms. The summed E-state index contributed by atoms with van der Waals surface area (Å²) in [5.74, 6) is 0.941. The van der Waals surface area contributed by atoms with Gasteiger partial charge in [0.25, 0.3) is 0 Å². The minimum Gasteiger partial charge on any atom is -0.361 e. The number of hydrogen-bond acceptors (Lipinski definition) is 4. The van der Waals surface area contributed by atoms with Crippen LogP contribution < -0.4 is 0 Å². The normalized spacial score (nSPS) is 18.0. The number of nitrogens with zero attached hydrogens (tertiary/aromatic N) is 2. The fourth-order valence-electron chi connectivity index (χ4n) is 5.35. The van der Waals surface area contributed by atoms with Crippen molar-refractivity contribution in [3.63, 3.8) is 0 Å². The molecule has 0 radical (unpaired) electrons. The van der Waals surface area contributed by atoms with E-state index >= 15 is 0 Å². The average Bonchev–Trinajstić information content (AvgIpc) is 3.36. The third kappa shape index (κ3) is 3.56. The number of hydrogen-bond donors (Lipinski definition) is 0. The van der Waals surface area contributed by atoms with Gasteiger partial charge in [0.2, 0.25) is 5.91 Å². The van der Waals surface area contributed by atoms with Gasteiger partial charge in [-0.05, 0) is 67.9 Å². The van der Waals surface area contributed by atoms with Crippen molar-refractivity contribution in [2.24, 2.45) is 5.92 Å². The van der Waals surface area contributed by atoms with Crippen molar-refractivity contribution in [1.29, 1.82) is 0 Å². The van der Waals surface area contributed by atoms with Crippen LogP contribution in [-0.2, 0) is 24.1 Å². The zero-order chi connectivity index (χ0) is 21.5. The molecule has 0 saturated carbocycles. The molecule has 0 bridgehead atoms. The minimum absolute atomic E-state index is 0.109. The van der Waals surface area contributed by atoms with Crippen molar-refractivity contribution in [1.82, 2.24) is 10.1 Å². The lowest BCUT2D eigenvalue weighted by Crippen LogP contribution is -2.42. The molecular formula is C26H28N2O3. The number of aromatic nitrogens is 1. The number of ketones is 1. The van der Waals surface area contributed by atoms with Gasteiger partial charge < -0.3 is 9.42 Å². The van der Waals surface area contributed by atoms with E-state index in [-0.39, 0.29) is 17.6 Å². The molecule has 1 aliphatic carbocycles. The molecule has 2 aromatic carbocycles. The number of Topliss-reactive ketones (excluding diaryl/α,β-unsaturated/α-hetero) is 1. The summed E-state index contributed by atoms with van der Waals surface area (Å²) in [7, 11) is 0. The van der Waals surface area contributed by atoms with Crippen molar-refractivity contribution in [3.8, 4) is 0 Å². The highest BCUT2D eigenvalue weighted by Gasteiger charge is 2.30. The number of benzene rings is 2. The molecule has 31 heavy (non-hydrogen) atoms. The highest BCUT2D eigenvalue weighted by atomic mass is 16.5. The molecule has 3 aromatic rings. The largest absolute Gasteiger partial charge is 0.361 e. The lowest BCUT2D eigenvalue weighted by molar-refractivity contribution is -0.132. The van der Waals surface area contributed by atoms with Crippen LogP contribution in [0.15, 0.2) is 34.9 Å². The second kappa shape index (κ2) is 7.95. The Hall–Kier alpha value is -2.95. The first-order valence-electron chi connectivity index (χ1n) is 11.3. The number of aryl methyl sites for hydroxylation is 4. The van der Waals surface area contributed by atoms with E-state index in [0.29, 0.717) is 19.4 Å². The Morgan fingerprint density at radius 2 is 1.94 bits per heavy atom. The molecule has 1 aliphatic heterocycles. The van der Waals surface area contributed by atoms with Crippen LogP contribution in [0.25, 0.3) is 10.8 Å². The number of carbonyl (C=O) groups excluding carboxylic acids is 2. The van der Waals surface area contributed by atoms with Gasteiger partial charge in [-0.15, -0.1) is 0 Å². The van der Waals surface area contributed by atoms with Crippen LogP contribution in [0, 0.1) is 19.8 Å². The quantitative estimate of drug-likeness (QED) is 0.571. The van der Waals surface area contributed by atoms with Crippen molar-refractivity contribution < 1.29 is 14.1 Å². The average molecular weight is 417 g/mol. The monoisotopic (exact) mass is 416 g/mol. The minimum atomic E-state index is -0.129. The molecule has 1 aromatic heterocycles. The molecular weight excluding hydrogens is 388 g/mol. The van der Waals surface area contributed by atoms with Crippen LogP contribution >= 0.6 is 0 Å². The summed E-state index contributed by atoms with van der Waals surface area (Å²) in [6.45, 7) is 5.04. The third-order valence-corrected chi connectivity index (χ3v) is 7.06. The van der Waals surface area contributed by atoms with E-state index in [0.717, 1.165) is 60.2 Å². The van der Waals surface area contributed by atoms with E-state index in [2.05, 4.69) is 29.4 Å². The summed E-state index contributed by atoms with van der Waals surface area (Å²) < 4.78 is 5.21. The zero-order valence-corrected chi connectivity index (χ0v) is 18.2. The third-order valence-electron chi connectivity index (χ3n) is 7.06. The Labute approximate surface area is 182 Å². The van der Waals surface area contributed by atoms with Crippen LogP contribution in [0.5, 0.6) is 0 Å². The Kier molecular flexibility index (Phi) is 5.12. The summed E-state index contributed by atoms with van der Waals surface area (Å²) >= 11 is 0. The van der Waals surface area contributed by atoms with Crippen LogP contribution in [0.2, 0.25) is 0 Å². The second-order valence-corrected chi connectivity index (χ2v) is 8.96. The van der Waals surface area contributed by atoms with Crippen molar-refractivity contribution in [3.05, 3.63) is 64.0 Å². The predicted octanol–water partition coefficient (Wildman–Crippen LogP) is 4.60. The SMILES string of the molecule is Cc1noc(C)c1CCC(=O)N1CCC[C@H](C(=O)c2ccc3c4c(cccc24)CC3)C1. The second-order valence-electron chi connectivity index (χ2n) is 8.96. The first-order valence-corrected chi connectivity index (χ1v) is 11.3. The molecule has 0 unspecified atom stereocenters. The predicted molar refractivity (Wildman–Crippen MR) is 119 cm³/mol. The molecule has 5 heteroatoms. The summed E-state index contributed by atoms with van der Waals surface area (Å²) in [4.78, 5) is 28.3. The maximum absolute atomic E-state index is 13.5. The van der Waals surface area contributed by atoms with Gasteiger partial charge in [-0.1, -0.05) is 35.5 Å². The van der Waals surface area contributed by atoms with E-state index < -0.39 is 0 Å². The molecule has 1 amide bonds. The Balaban J connectivity index is 1.31. The summed E-state index contributed by atoms with van der Waals surface area (Å²) in [6, 6.07) is 10.5. The Morgan fingerprint density at radius 1 is 1.13 bits per heavy atom. The fourth-order valence-corrected chi connectivity index (χ4v) is 5.35. The van der Waals surface area contributed by atoms with E-state index in [1.807, 2.05) is 24.8 Å². The van der Waals surface area contributed by atoms with Crippen LogP contribution in [0.4, 0.5) is 0 Å². The summed E-state index contributed by atoms with van der Waals surface area (Å²) in [6.07, 6.45) is 4.88. The molecule has 0 N–H and O–H groups in total. The number of rotatable bonds is 5. The molecule has 5 nitrogen and oxygen atoms in total. The number of piperidine rings is 1. The smallest absolute Gasteiger partial charge is 0.222 e. The van der Waals surface area contributed by atoms with E-state index in [9.17, 15) is 9.59 Å². The summed E-state index contributed by atoms with van der Waals surface area (Å²) in [5, 5.41) is 6.33. The topological polar surface area (TPSA) is 63.4 Å². The molecule has 1 saturated heterocycles. The molecule has 5 rings (SSSR count). The van der Waals surface area contributed by atoms with E-state index in [1.165, 1.54) is 16.5 Å². The number of carbonyl (C=O) groups is 2. The molecule has 2 heterocycles. The molecule has 1 fully saturated rings. The van der Waals surface area contributed by atoms with Crippen LogP contribution in [0.3, 0.4) is 0 Å². The molecule has 1 atom stereocenters. The van der Waals surface area contributed by atoms with Crippen molar-refractivity contribution in [2.75, 3.05) is 13.1 Å². The maximum Gasteiger partial charge on any atom is 0.222 e. The fraction of sp³-hybridized carbons (Fsp3) is 0.423. The van der Waals surface area contributed by atoms with Gasteiger partial charge in [0.15, 0.2) is 5.78 Å². The zero-order valence-electron chi connectivity index (χ0n) is 18.2. The lowest BCUT2D eigenvalue weighted by atomic mass is 9.87. The van der Waals surface area contributed by atoms with Crippen LogP contribution in [-0.4, -0.2) is 34.8 Å². The standard InChI is InChI=1S/C26H28N2O3/c1-16-21(17(2)31-27-16)12-13-24(29)28-14-4-6-20(15-28)26(30)23-11-10-19-9-8-18-5-3-7-22(23)25(18)19/h3,5,7,10-11,20H,4,6,8-9,12-15H2,1-2H3/t20-/m0/s1. The van der Waals surface area contributed by atoms with Gasteiger partial charge in [-0.2, -0.15) is 0 Å². The summed E-state index contributed by atoms with van der Waals surface area (Å²) in [5.41, 5.74) is 5.39. The first kappa shape index (κ1) is 20.0. The Morgan fingerprint density at radius 3 is 2.71 bits per heavy atom. The highest BCUT2D eigenvalue weighted by molar-refractivity contribution is 6.11. The van der Waals surface area contributed by atoms with E-state index in [1.54, 1.807) is 0 Å².